The van der Waals surface area contributed by atoms with Crippen LogP contribution < -0.4 is 0 Å². The molecule has 0 radical (unpaired) electrons. The van der Waals surface area contributed by atoms with Crippen LogP contribution in [-0.4, -0.2) is 9.78 Å². The topological polar surface area (TPSA) is 17.8 Å². The van der Waals surface area contributed by atoms with Crippen molar-refractivity contribution >= 4 is 0 Å². The zero-order valence-electron chi connectivity index (χ0n) is 8.79. The lowest BCUT2D eigenvalue weighted by Crippen LogP contribution is -2.05. The first kappa shape index (κ1) is 11.6. The molecule has 1 aromatic heterocycles. The number of hydrogen-bond acceptors (Lipinski definition) is 1. The van der Waals surface area contributed by atoms with E-state index < -0.39 is 17.6 Å². The molecular formula is C11H8F4N2. The average molecular weight is 244 g/mol. The summed E-state index contributed by atoms with van der Waals surface area (Å²) in [7, 11) is 0. The summed E-state index contributed by atoms with van der Waals surface area (Å²) in [5.74, 6) is -0.622. The summed E-state index contributed by atoms with van der Waals surface area (Å²) in [6.45, 7) is 1.24. The Morgan fingerprint density at radius 1 is 1.18 bits per heavy atom. The molecule has 0 aliphatic rings. The lowest BCUT2D eigenvalue weighted by Gasteiger charge is -2.03. The molecule has 0 bridgehead atoms. The van der Waals surface area contributed by atoms with E-state index in [1.807, 2.05) is 0 Å². The third-order valence-corrected chi connectivity index (χ3v) is 2.30. The van der Waals surface area contributed by atoms with Crippen LogP contribution in [0, 0.1) is 12.7 Å². The van der Waals surface area contributed by atoms with Gasteiger partial charge in [-0.15, -0.1) is 0 Å². The highest BCUT2D eigenvalue weighted by Crippen LogP contribution is 2.31. The quantitative estimate of drug-likeness (QED) is 0.703. The van der Waals surface area contributed by atoms with Gasteiger partial charge in [0.05, 0.1) is 11.3 Å². The lowest BCUT2D eigenvalue weighted by molar-refractivity contribution is -0.138. The molecule has 0 aliphatic heterocycles. The Morgan fingerprint density at radius 3 is 2.35 bits per heavy atom. The average Bonchev–Trinajstić information content (AvgIpc) is 2.60. The summed E-state index contributed by atoms with van der Waals surface area (Å²) in [6, 6.07) is 5.52. The van der Waals surface area contributed by atoms with Crippen LogP contribution in [-0.2, 0) is 6.18 Å². The first-order chi connectivity index (χ1) is 7.89. The van der Waals surface area contributed by atoms with Gasteiger partial charge in [-0.05, 0) is 19.1 Å². The first-order valence-electron chi connectivity index (χ1n) is 4.78. The van der Waals surface area contributed by atoms with Crippen LogP contribution in [0.25, 0.3) is 5.69 Å². The molecule has 90 valence electrons. The summed E-state index contributed by atoms with van der Waals surface area (Å²) in [5, 5.41) is 3.66. The van der Waals surface area contributed by atoms with Crippen LogP contribution in [0.15, 0.2) is 30.5 Å². The van der Waals surface area contributed by atoms with Crippen molar-refractivity contribution in [1.82, 2.24) is 9.78 Å². The Kier molecular flexibility index (Phi) is 2.65. The Bertz CT molecular complexity index is 543. The fourth-order valence-electron chi connectivity index (χ4n) is 1.50. The number of aromatic nitrogens is 2. The van der Waals surface area contributed by atoms with Crippen molar-refractivity contribution in [3.05, 3.63) is 47.5 Å². The predicted molar refractivity (Wildman–Crippen MR) is 53.3 cm³/mol. The molecule has 0 aliphatic carbocycles. The van der Waals surface area contributed by atoms with Crippen LogP contribution in [0.3, 0.4) is 0 Å². The fraction of sp³-hybridized carbons (Fsp3) is 0.182. The monoisotopic (exact) mass is 244 g/mol. The van der Waals surface area contributed by atoms with Gasteiger partial charge in [-0.1, -0.05) is 12.1 Å². The molecule has 0 saturated heterocycles. The van der Waals surface area contributed by atoms with E-state index >= 15 is 0 Å². The number of para-hydroxylation sites is 1. The van der Waals surface area contributed by atoms with Crippen LogP contribution in [0.5, 0.6) is 0 Å². The van der Waals surface area contributed by atoms with Gasteiger partial charge in [0.1, 0.15) is 11.5 Å². The number of hydrogen-bond donors (Lipinski definition) is 0. The molecule has 2 nitrogen and oxygen atoms in total. The van der Waals surface area contributed by atoms with E-state index in [0.717, 1.165) is 10.9 Å². The first-order valence-corrected chi connectivity index (χ1v) is 4.78. The van der Waals surface area contributed by atoms with Crippen molar-refractivity contribution in [2.45, 2.75) is 13.1 Å². The molecule has 0 amide bonds. The minimum Gasteiger partial charge on any atom is -0.237 e. The zero-order chi connectivity index (χ0) is 12.6. The number of rotatable bonds is 1. The highest BCUT2D eigenvalue weighted by Gasteiger charge is 2.34. The molecule has 17 heavy (non-hydrogen) atoms. The Balaban J connectivity index is 2.53. The van der Waals surface area contributed by atoms with Gasteiger partial charge in [-0.3, -0.25) is 0 Å². The van der Waals surface area contributed by atoms with Gasteiger partial charge >= 0.3 is 6.18 Å². The second-order valence-corrected chi connectivity index (χ2v) is 3.52. The summed E-state index contributed by atoms with van der Waals surface area (Å²) >= 11 is 0. The van der Waals surface area contributed by atoms with E-state index in [2.05, 4.69) is 5.10 Å². The standard InChI is InChI=1S/C11H8F4N2/c1-7-8(11(13,14)15)6-17(16-7)10-5-3-2-4-9(10)12/h2-6H,1H3. The molecule has 0 atom stereocenters. The van der Waals surface area contributed by atoms with E-state index in [0.29, 0.717) is 0 Å². The highest BCUT2D eigenvalue weighted by molar-refractivity contribution is 5.34. The van der Waals surface area contributed by atoms with Crippen molar-refractivity contribution in [3.8, 4) is 5.69 Å². The summed E-state index contributed by atoms with van der Waals surface area (Å²) in [4.78, 5) is 0. The summed E-state index contributed by atoms with van der Waals surface area (Å²) in [6.07, 6.45) is -3.69. The second-order valence-electron chi connectivity index (χ2n) is 3.52. The molecule has 1 aromatic carbocycles. The maximum absolute atomic E-state index is 13.4. The number of nitrogens with zero attached hydrogens (tertiary/aromatic N) is 2. The number of benzene rings is 1. The zero-order valence-corrected chi connectivity index (χ0v) is 8.79. The van der Waals surface area contributed by atoms with Crippen molar-refractivity contribution in [3.63, 3.8) is 0 Å². The molecular weight excluding hydrogens is 236 g/mol. The Hall–Kier alpha value is -1.85. The molecule has 0 fully saturated rings. The van der Waals surface area contributed by atoms with Gasteiger partial charge in [0.25, 0.3) is 0 Å². The Labute approximate surface area is 94.5 Å². The molecule has 0 unspecified atom stereocenters. The second kappa shape index (κ2) is 3.87. The summed E-state index contributed by atoms with van der Waals surface area (Å²) in [5.41, 5.74) is -1.05. The van der Waals surface area contributed by atoms with Crippen LogP contribution in [0.4, 0.5) is 17.6 Å². The lowest BCUT2D eigenvalue weighted by atomic mass is 10.2. The van der Waals surface area contributed by atoms with Gasteiger partial charge in [-0.25, -0.2) is 9.07 Å². The maximum Gasteiger partial charge on any atom is 0.419 e. The van der Waals surface area contributed by atoms with Gasteiger partial charge in [0.2, 0.25) is 0 Å². The smallest absolute Gasteiger partial charge is 0.237 e. The Morgan fingerprint density at radius 2 is 1.82 bits per heavy atom. The van der Waals surface area contributed by atoms with Gasteiger partial charge in [0, 0.05) is 6.20 Å². The van der Waals surface area contributed by atoms with E-state index in [4.69, 9.17) is 0 Å². The van der Waals surface area contributed by atoms with Gasteiger partial charge < -0.3 is 0 Å². The molecule has 6 heteroatoms. The predicted octanol–water partition coefficient (Wildman–Crippen LogP) is 3.34. The van der Waals surface area contributed by atoms with Crippen molar-refractivity contribution in [2.24, 2.45) is 0 Å². The van der Waals surface area contributed by atoms with Crippen LogP contribution in [0.1, 0.15) is 11.3 Å². The van der Waals surface area contributed by atoms with Gasteiger partial charge in [0.15, 0.2) is 0 Å². The van der Waals surface area contributed by atoms with E-state index in [1.54, 1.807) is 0 Å². The molecule has 0 saturated carbocycles. The fourth-order valence-corrected chi connectivity index (χ4v) is 1.50. The van der Waals surface area contributed by atoms with E-state index in [9.17, 15) is 17.6 Å². The van der Waals surface area contributed by atoms with E-state index in [-0.39, 0.29) is 11.4 Å². The normalized spacial score (nSPS) is 11.8. The number of aryl methyl sites for hydroxylation is 1. The molecule has 2 rings (SSSR count). The van der Waals surface area contributed by atoms with Crippen molar-refractivity contribution in [2.75, 3.05) is 0 Å². The molecule has 2 aromatic rings. The number of alkyl halides is 3. The van der Waals surface area contributed by atoms with Gasteiger partial charge in [-0.2, -0.15) is 18.3 Å². The minimum absolute atomic E-state index is 0.00824. The molecule has 0 N–H and O–H groups in total. The third kappa shape index (κ3) is 2.15. The van der Waals surface area contributed by atoms with E-state index in [1.165, 1.54) is 31.2 Å². The van der Waals surface area contributed by atoms with Crippen LogP contribution in [0.2, 0.25) is 0 Å². The maximum atomic E-state index is 13.4. The SMILES string of the molecule is Cc1nn(-c2ccccc2F)cc1C(F)(F)F. The summed E-state index contributed by atoms with van der Waals surface area (Å²) < 4.78 is 51.9. The van der Waals surface area contributed by atoms with Crippen molar-refractivity contribution < 1.29 is 17.6 Å². The molecule has 1 heterocycles. The van der Waals surface area contributed by atoms with Crippen LogP contribution >= 0.6 is 0 Å². The minimum atomic E-state index is -4.48. The molecule has 0 spiro atoms. The third-order valence-electron chi connectivity index (χ3n) is 2.30. The largest absolute Gasteiger partial charge is 0.419 e. The number of halogens is 4. The van der Waals surface area contributed by atoms with Crippen molar-refractivity contribution in [1.29, 1.82) is 0 Å². The highest BCUT2D eigenvalue weighted by atomic mass is 19.4.